The molecule has 1 amide bonds. The van der Waals surface area contributed by atoms with Crippen molar-refractivity contribution >= 4 is 29.2 Å². The third-order valence-electron chi connectivity index (χ3n) is 4.22. The predicted octanol–water partition coefficient (Wildman–Crippen LogP) is 4.84. The molecule has 0 aliphatic heterocycles. The summed E-state index contributed by atoms with van der Waals surface area (Å²) in [6.07, 6.45) is 1.76. The fourth-order valence-electron chi connectivity index (χ4n) is 2.95. The number of nitrogens with one attached hydrogen (secondary N) is 1. The Kier molecular flexibility index (Phi) is 5.52. The number of amides is 1. The Morgan fingerprint density at radius 1 is 1.04 bits per heavy atom. The van der Waals surface area contributed by atoms with E-state index in [9.17, 15) is 14.9 Å². The molecule has 1 N–H and O–H groups in total. The average molecular weight is 370 g/mol. The molecule has 5 heteroatoms. The minimum Gasteiger partial charge on any atom is -0.443 e. The minimum atomic E-state index is -0.435. The second-order valence-electron chi connectivity index (χ2n) is 6.19. The lowest BCUT2D eigenvalue weighted by atomic mass is 10.0. The van der Waals surface area contributed by atoms with Gasteiger partial charge in [0.15, 0.2) is 5.78 Å². The second-order valence-corrected chi connectivity index (χ2v) is 6.19. The van der Waals surface area contributed by atoms with E-state index in [4.69, 9.17) is 4.42 Å². The van der Waals surface area contributed by atoms with Gasteiger partial charge in [0.2, 0.25) is 5.88 Å². The van der Waals surface area contributed by atoms with Crippen molar-refractivity contribution in [2.45, 2.75) is 13.8 Å². The summed E-state index contributed by atoms with van der Waals surface area (Å²) >= 11 is 0. The third-order valence-corrected chi connectivity index (χ3v) is 4.22. The maximum atomic E-state index is 13.0. The van der Waals surface area contributed by atoms with Crippen LogP contribution in [-0.4, -0.2) is 11.7 Å². The highest BCUT2D eigenvalue weighted by molar-refractivity contribution is 6.29. The summed E-state index contributed by atoms with van der Waals surface area (Å²) in [6.45, 7) is 2.94. The molecule has 0 saturated carbocycles. The standard InChI is InChI=1S/C23H18N2O3/c1-15(26)21-16(2)28-23(20(21)14-24)25-22(27)19(18-11-7-4-8-12-18)13-17-9-5-3-6-10-17/h3-13H,1-2H3,(H,25,27)/b19-13-. The number of ketones is 1. The highest BCUT2D eigenvalue weighted by atomic mass is 16.4. The number of nitrogens with zero attached hydrogens (tertiary/aromatic N) is 1. The molecule has 0 spiro atoms. The number of anilines is 1. The second kappa shape index (κ2) is 8.19. The number of furan rings is 1. The molecular formula is C23H18N2O3. The Morgan fingerprint density at radius 2 is 1.64 bits per heavy atom. The van der Waals surface area contributed by atoms with Gasteiger partial charge in [0.05, 0.1) is 5.56 Å². The first-order valence-corrected chi connectivity index (χ1v) is 8.69. The predicted molar refractivity (Wildman–Crippen MR) is 108 cm³/mol. The quantitative estimate of drug-likeness (QED) is 0.396. The number of carbonyl (C=O) groups is 2. The van der Waals surface area contributed by atoms with Crippen molar-refractivity contribution < 1.29 is 14.0 Å². The first kappa shape index (κ1) is 18.9. The van der Waals surface area contributed by atoms with E-state index in [-0.39, 0.29) is 22.8 Å². The number of benzene rings is 2. The maximum Gasteiger partial charge on any atom is 0.258 e. The first-order chi connectivity index (χ1) is 13.5. The summed E-state index contributed by atoms with van der Waals surface area (Å²) in [5, 5.41) is 12.1. The van der Waals surface area contributed by atoms with Crippen molar-refractivity contribution in [3.63, 3.8) is 0 Å². The summed E-state index contributed by atoms with van der Waals surface area (Å²) in [7, 11) is 0. The fraction of sp³-hybridized carbons (Fsp3) is 0.0870. The van der Waals surface area contributed by atoms with Gasteiger partial charge < -0.3 is 4.42 Å². The van der Waals surface area contributed by atoms with Crippen molar-refractivity contribution in [1.29, 1.82) is 5.26 Å². The van der Waals surface area contributed by atoms with Crippen LogP contribution >= 0.6 is 0 Å². The average Bonchev–Trinajstić information content (AvgIpc) is 3.02. The van der Waals surface area contributed by atoms with Crippen molar-refractivity contribution in [3.8, 4) is 6.07 Å². The normalized spacial score (nSPS) is 11.0. The van der Waals surface area contributed by atoms with Gasteiger partial charge in [-0.25, -0.2) is 0 Å². The summed E-state index contributed by atoms with van der Waals surface area (Å²) in [6, 6.07) is 20.6. The fourth-order valence-corrected chi connectivity index (χ4v) is 2.95. The van der Waals surface area contributed by atoms with E-state index in [1.807, 2.05) is 66.7 Å². The lowest BCUT2D eigenvalue weighted by Crippen LogP contribution is -2.14. The van der Waals surface area contributed by atoms with Crippen LogP contribution in [0.4, 0.5) is 5.88 Å². The Balaban J connectivity index is 2.03. The molecule has 5 nitrogen and oxygen atoms in total. The third kappa shape index (κ3) is 3.92. The summed E-state index contributed by atoms with van der Waals surface area (Å²) in [5.74, 6) is -0.449. The molecule has 138 valence electrons. The molecule has 0 bridgehead atoms. The van der Waals surface area contributed by atoms with E-state index in [0.29, 0.717) is 11.3 Å². The van der Waals surface area contributed by atoms with E-state index in [1.54, 1.807) is 13.0 Å². The molecule has 0 unspecified atom stereocenters. The maximum absolute atomic E-state index is 13.0. The van der Waals surface area contributed by atoms with Gasteiger partial charge >= 0.3 is 0 Å². The van der Waals surface area contributed by atoms with Gasteiger partial charge in [-0.05, 0) is 31.1 Å². The van der Waals surface area contributed by atoms with Gasteiger partial charge in [-0.3, -0.25) is 14.9 Å². The van der Waals surface area contributed by atoms with Gasteiger partial charge in [-0.2, -0.15) is 5.26 Å². The van der Waals surface area contributed by atoms with Crippen LogP contribution in [0.2, 0.25) is 0 Å². The van der Waals surface area contributed by atoms with Crippen molar-refractivity contribution in [3.05, 3.63) is 88.7 Å². The molecule has 0 aliphatic rings. The van der Waals surface area contributed by atoms with E-state index in [2.05, 4.69) is 5.32 Å². The summed E-state index contributed by atoms with van der Waals surface area (Å²) < 4.78 is 5.50. The monoisotopic (exact) mass is 370 g/mol. The SMILES string of the molecule is CC(=O)c1c(C)oc(NC(=O)/C(=C\c2ccccc2)c2ccccc2)c1C#N. The number of hydrogen-bond acceptors (Lipinski definition) is 4. The number of aryl methyl sites for hydroxylation is 1. The Bertz CT molecular complexity index is 1090. The number of Topliss-reactive ketones (excluding diaryl/α,β-unsaturated/α-hetero) is 1. The molecule has 0 fully saturated rings. The van der Waals surface area contributed by atoms with Gasteiger partial charge in [0.1, 0.15) is 17.4 Å². The largest absolute Gasteiger partial charge is 0.443 e. The van der Waals surface area contributed by atoms with Crippen LogP contribution < -0.4 is 5.32 Å². The molecule has 0 atom stereocenters. The zero-order chi connectivity index (χ0) is 20.1. The first-order valence-electron chi connectivity index (χ1n) is 8.69. The minimum absolute atomic E-state index is 0.0231. The number of carbonyl (C=O) groups excluding carboxylic acids is 2. The van der Waals surface area contributed by atoms with E-state index in [0.717, 1.165) is 11.1 Å². The number of hydrogen-bond donors (Lipinski definition) is 1. The van der Waals surface area contributed by atoms with Crippen LogP contribution in [0.15, 0.2) is 65.1 Å². The van der Waals surface area contributed by atoms with E-state index < -0.39 is 5.91 Å². The van der Waals surface area contributed by atoms with Crippen LogP contribution in [-0.2, 0) is 4.79 Å². The highest BCUT2D eigenvalue weighted by Gasteiger charge is 2.23. The highest BCUT2D eigenvalue weighted by Crippen LogP contribution is 2.28. The van der Waals surface area contributed by atoms with Gasteiger partial charge in [-0.15, -0.1) is 0 Å². The molecule has 3 rings (SSSR count). The lowest BCUT2D eigenvalue weighted by molar-refractivity contribution is -0.111. The molecule has 28 heavy (non-hydrogen) atoms. The Labute approximate surface area is 162 Å². The van der Waals surface area contributed by atoms with Crippen LogP contribution in [0.3, 0.4) is 0 Å². The number of nitriles is 1. The molecular weight excluding hydrogens is 352 g/mol. The van der Waals surface area contributed by atoms with Crippen LogP contribution in [0.25, 0.3) is 11.6 Å². The molecule has 1 aromatic heterocycles. The summed E-state index contributed by atoms with van der Waals surface area (Å²) in [5.41, 5.74) is 2.21. The molecule has 3 aromatic rings. The van der Waals surface area contributed by atoms with Crippen molar-refractivity contribution in [2.24, 2.45) is 0 Å². The smallest absolute Gasteiger partial charge is 0.258 e. The van der Waals surface area contributed by atoms with Gasteiger partial charge in [0, 0.05) is 5.57 Å². The van der Waals surface area contributed by atoms with E-state index >= 15 is 0 Å². The molecule has 1 heterocycles. The van der Waals surface area contributed by atoms with Gasteiger partial charge in [-0.1, -0.05) is 60.7 Å². The van der Waals surface area contributed by atoms with Crippen molar-refractivity contribution in [1.82, 2.24) is 0 Å². The zero-order valence-corrected chi connectivity index (χ0v) is 15.5. The van der Waals surface area contributed by atoms with Crippen molar-refractivity contribution in [2.75, 3.05) is 5.32 Å². The topological polar surface area (TPSA) is 83.1 Å². The molecule has 0 aliphatic carbocycles. The zero-order valence-electron chi connectivity index (χ0n) is 15.5. The van der Waals surface area contributed by atoms with Crippen LogP contribution in [0.1, 0.15) is 39.7 Å². The van der Waals surface area contributed by atoms with Crippen LogP contribution in [0, 0.1) is 18.3 Å². The van der Waals surface area contributed by atoms with Crippen LogP contribution in [0.5, 0.6) is 0 Å². The summed E-state index contributed by atoms with van der Waals surface area (Å²) in [4.78, 5) is 24.8. The number of rotatable bonds is 5. The lowest BCUT2D eigenvalue weighted by Gasteiger charge is -2.08. The molecule has 0 saturated heterocycles. The Hall–Kier alpha value is -3.91. The Morgan fingerprint density at radius 3 is 2.21 bits per heavy atom. The van der Waals surface area contributed by atoms with Gasteiger partial charge in [0.25, 0.3) is 5.91 Å². The molecule has 2 aromatic carbocycles. The molecule has 0 radical (unpaired) electrons. The van der Waals surface area contributed by atoms with E-state index in [1.165, 1.54) is 6.92 Å².